The zero-order valence-corrected chi connectivity index (χ0v) is 12.5. The maximum Gasteiger partial charge on any atom is 0.433 e. The van der Waals surface area contributed by atoms with Crippen LogP contribution in [0.2, 0.25) is 0 Å². The monoisotopic (exact) mass is 364 g/mol. The Morgan fingerprint density at radius 1 is 1.04 bits per heavy atom. The van der Waals surface area contributed by atoms with Gasteiger partial charge < -0.3 is 5.73 Å². The average molecular weight is 364 g/mol. The van der Waals surface area contributed by atoms with Crippen molar-refractivity contribution in [3.8, 4) is 0 Å². The molecule has 0 aliphatic heterocycles. The SMILES string of the molecule is Cc1cc(C(F)(F)F)nc(N(C(N)=O)c2ccccc2C(F)(F)F)n1. The number of aromatic nitrogens is 2. The van der Waals surface area contributed by atoms with Crippen molar-refractivity contribution in [2.24, 2.45) is 5.73 Å². The summed E-state index contributed by atoms with van der Waals surface area (Å²) in [6.07, 6.45) is -9.75. The number of benzene rings is 1. The van der Waals surface area contributed by atoms with Gasteiger partial charge in [-0.15, -0.1) is 0 Å². The van der Waals surface area contributed by atoms with Crippen molar-refractivity contribution in [2.45, 2.75) is 19.3 Å². The van der Waals surface area contributed by atoms with Gasteiger partial charge in [-0.05, 0) is 25.1 Å². The second-order valence-electron chi connectivity index (χ2n) is 4.88. The molecule has 2 rings (SSSR count). The zero-order valence-electron chi connectivity index (χ0n) is 12.5. The van der Waals surface area contributed by atoms with Crippen LogP contribution in [0.4, 0.5) is 42.8 Å². The molecule has 0 radical (unpaired) electrons. The third-order valence-electron chi connectivity index (χ3n) is 3.00. The molecular formula is C14H10F6N4O. The molecule has 0 fully saturated rings. The maximum absolute atomic E-state index is 13.1. The van der Waals surface area contributed by atoms with E-state index in [9.17, 15) is 31.1 Å². The molecule has 2 N–H and O–H groups in total. The lowest BCUT2D eigenvalue weighted by atomic mass is 10.1. The Bertz CT molecular complexity index is 803. The first-order chi connectivity index (χ1) is 11.4. The van der Waals surface area contributed by atoms with Gasteiger partial charge in [-0.1, -0.05) is 12.1 Å². The van der Waals surface area contributed by atoms with Gasteiger partial charge in [0.1, 0.15) is 5.69 Å². The standard InChI is InChI=1S/C14H10F6N4O/c1-7-6-10(14(18,19)20)23-12(22-7)24(11(21)25)9-5-3-2-4-8(9)13(15,16)17/h2-6H,1H3,(H2,21,25). The van der Waals surface area contributed by atoms with Gasteiger partial charge in [0.05, 0.1) is 11.3 Å². The third-order valence-corrected chi connectivity index (χ3v) is 3.00. The molecule has 1 heterocycles. The third kappa shape index (κ3) is 3.98. The number of hydrogen-bond donors (Lipinski definition) is 1. The number of halogens is 6. The largest absolute Gasteiger partial charge is 0.433 e. The molecule has 11 heteroatoms. The molecule has 25 heavy (non-hydrogen) atoms. The fourth-order valence-electron chi connectivity index (χ4n) is 2.03. The number of anilines is 2. The number of hydrogen-bond acceptors (Lipinski definition) is 3. The van der Waals surface area contributed by atoms with E-state index >= 15 is 0 Å². The highest BCUT2D eigenvalue weighted by molar-refractivity contribution is 5.97. The number of alkyl halides is 6. The molecule has 1 aromatic heterocycles. The Morgan fingerprint density at radius 3 is 2.16 bits per heavy atom. The number of primary amides is 1. The summed E-state index contributed by atoms with van der Waals surface area (Å²) in [5.41, 5.74) is 1.42. The quantitative estimate of drug-likeness (QED) is 0.818. The van der Waals surface area contributed by atoms with Crippen molar-refractivity contribution in [1.29, 1.82) is 0 Å². The molecule has 0 aliphatic carbocycles. The van der Waals surface area contributed by atoms with E-state index in [4.69, 9.17) is 5.73 Å². The van der Waals surface area contributed by atoms with Gasteiger partial charge in [-0.2, -0.15) is 26.3 Å². The van der Waals surface area contributed by atoms with E-state index in [1.54, 1.807) is 0 Å². The van der Waals surface area contributed by atoms with Crippen LogP contribution in [0.3, 0.4) is 0 Å². The Hall–Kier alpha value is -2.85. The maximum atomic E-state index is 13.1. The van der Waals surface area contributed by atoms with Crippen molar-refractivity contribution < 1.29 is 31.1 Å². The molecule has 1 aromatic carbocycles. The highest BCUT2D eigenvalue weighted by Crippen LogP contribution is 2.39. The Morgan fingerprint density at radius 2 is 1.64 bits per heavy atom. The van der Waals surface area contributed by atoms with Gasteiger partial charge in [0.2, 0.25) is 5.95 Å². The zero-order chi connectivity index (χ0) is 19.0. The van der Waals surface area contributed by atoms with Gasteiger partial charge in [0, 0.05) is 5.69 Å². The lowest BCUT2D eigenvalue weighted by Gasteiger charge is -2.23. The molecule has 0 saturated heterocycles. The number of rotatable bonds is 2. The van der Waals surface area contributed by atoms with Crippen LogP contribution < -0.4 is 10.6 Å². The van der Waals surface area contributed by atoms with Crippen LogP contribution >= 0.6 is 0 Å². The topological polar surface area (TPSA) is 72.1 Å². The predicted molar refractivity (Wildman–Crippen MR) is 74.9 cm³/mol. The first-order valence-electron chi connectivity index (χ1n) is 6.60. The summed E-state index contributed by atoms with van der Waals surface area (Å²) in [6.45, 7) is 1.18. The molecule has 2 amide bonds. The van der Waals surface area contributed by atoms with E-state index in [0.29, 0.717) is 12.1 Å². The number of amides is 2. The van der Waals surface area contributed by atoms with Gasteiger partial charge >= 0.3 is 18.4 Å². The van der Waals surface area contributed by atoms with Crippen molar-refractivity contribution in [1.82, 2.24) is 9.97 Å². The first-order valence-corrected chi connectivity index (χ1v) is 6.60. The number of urea groups is 1. The lowest BCUT2D eigenvalue weighted by Crippen LogP contribution is -2.35. The van der Waals surface area contributed by atoms with Crippen molar-refractivity contribution in [2.75, 3.05) is 4.90 Å². The van der Waals surface area contributed by atoms with Gasteiger partial charge in [-0.25, -0.2) is 19.7 Å². The normalized spacial score (nSPS) is 12.1. The Kier molecular flexibility index (Phi) is 4.60. The summed E-state index contributed by atoms with van der Waals surface area (Å²) >= 11 is 0. The van der Waals surface area contributed by atoms with Crippen molar-refractivity contribution >= 4 is 17.7 Å². The molecule has 0 unspecified atom stereocenters. The molecule has 134 valence electrons. The summed E-state index contributed by atoms with van der Waals surface area (Å²) in [5.74, 6) is -0.906. The van der Waals surface area contributed by atoms with E-state index in [2.05, 4.69) is 9.97 Å². The number of aryl methyl sites for hydroxylation is 1. The van der Waals surface area contributed by atoms with E-state index in [1.807, 2.05) is 0 Å². The van der Waals surface area contributed by atoms with Crippen LogP contribution in [0.1, 0.15) is 17.0 Å². The summed E-state index contributed by atoms with van der Waals surface area (Å²) in [5, 5.41) is 0. The van der Waals surface area contributed by atoms with Crippen LogP contribution in [0, 0.1) is 6.92 Å². The van der Waals surface area contributed by atoms with Crippen LogP contribution in [0.15, 0.2) is 30.3 Å². The predicted octanol–water partition coefficient (Wildman–Crippen LogP) is 4.04. The van der Waals surface area contributed by atoms with Crippen molar-refractivity contribution in [3.05, 3.63) is 47.3 Å². The van der Waals surface area contributed by atoms with Crippen LogP contribution in [0.5, 0.6) is 0 Å². The number of carbonyl (C=O) groups excluding carboxylic acids is 1. The minimum absolute atomic E-state index is 0.186. The highest BCUT2D eigenvalue weighted by Gasteiger charge is 2.38. The lowest BCUT2D eigenvalue weighted by molar-refractivity contribution is -0.141. The molecule has 0 spiro atoms. The van der Waals surface area contributed by atoms with E-state index in [0.717, 1.165) is 12.1 Å². The van der Waals surface area contributed by atoms with Gasteiger partial charge in [-0.3, -0.25) is 0 Å². The van der Waals surface area contributed by atoms with E-state index in [1.165, 1.54) is 13.0 Å². The molecule has 2 aromatic rings. The summed E-state index contributed by atoms with van der Waals surface area (Å²) in [4.78, 5) is 18.6. The number of nitrogens with two attached hydrogens (primary N) is 1. The molecular weight excluding hydrogens is 354 g/mol. The number of para-hydroxylation sites is 1. The molecule has 0 saturated carbocycles. The van der Waals surface area contributed by atoms with Gasteiger partial charge in [0.25, 0.3) is 0 Å². The smallest absolute Gasteiger partial charge is 0.351 e. The van der Waals surface area contributed by atoms with Crippen LogP contribution in [-0.4, -0.2) is 16.0 Å². The molecule has 0 aliphatic rings. The van der Waals surface area contributed by atoms with Gasteiger partial charge in [0.15, 0.2) is 0 Å². The highest BCUT2D eigenvalue weighted by atomic mass is 19.4. The van der Waals surface area contributed by atoms with Crippen LogP contribution in [-0.2, 0) is 12.4 Å². The molecule has 0 atom stereocenters. The summed E-state index contributed by atoms with van der Waals surface area (Å²) in [7, 11) is 0. The second-order valence-corrected chi connectivity index (χ2v) is 4.88. The van der Waals surface area contributed by atoms with E-state index < -0.39 is 41.3 Å². The fourth-order valence-corrected chi connectivity index (χ4v) is 2.03. The minimum Gasteiger partial charge on any atom is -0.351 e. The Labute approximate surface area is 137 Å². The minimum atomic E-state index is -4.88. The number of carbonyl (C=O) groups is 1. The fraction of sp³-hybridized carbons (Fsp3) is 0.214. The van der Waals surface area contributed by atoms with Crippen molar-refractivity contribution in [3.63, 3.8) is 0 Å². The number of nitrogens with zero attached hydrogens (tertiary/aromatic N) is 3. The second kappa shape index (κ2) is 6.22. The van der Waals surface area contributed by atoms with E-state index in [-0.39, 0.29) is 10.6 Å². The summed E-state index contributed by atoms with van der Waals surface area (Å²) < 4.78 is 78.0. The van der Waals surface area contributed by atoms with Crippen LogP contribution in [0.25, 0.3) is 0 Å². The molecule has 0 bridgehead atoms. The summed E-state index contributed by atoms with van der Waals surface area (Å²) in [6, 6.07) is 2.90. The average Bonchev–Trinajstić information content (AvgIpc) is 2.45. The Balaban J connectivity index is 2.70. The first kappa shape index (κ1) is 18.5. The molecule has 5 nitrogen and oxygen atoms in total.